The van der Waals surface area contributed by atoms with Crippen LogP contribution in [0.15, 0.2) is 6.20 Å². The molecule has 8 nitrogen and oxygen atoms in total. The molecule has 0 saturated heterocycles. The predicted octanol–water partition coefficient (Wildman–Crippen LogP) is 2.05. The summed E-state index contributed by atoms with van der Waals surface area (Å²) in [4.78, 5) is 18.1. The number of anilines is 2. The van der Waals surface area contributed by atoms with E-state index in [4.69, 9.17) is 5.84 Å². The molecule has 20 heavy (non-hydrogen) atoms. The quantitative estimate of drug-likeness (QED) is 0.302. The number of nitrogens with two attached hydrogens (primary N) is 1. The summed E-state index contributed by atoms with van der Waals surface area (Å²) in [6, 6.07) is 0. The molecule has 4 N–H and O–H groups in total. The number of hydrogen-bond donors (Lipinski definition) is 3. The van der Waals surface area contributed by atoms with Crippen LogP contribution in [0, 0.1) is 16.0 Å². The molecule has 1 aromatic heterocycles. The van der Waals surface area contributed by atoms with E-state index in [9.17, 15) is 10.1 Å². The summed E-state index contributed by atoms with van der Waals surface area (Å²) in [5, 5.41) is 13.9. The number of hydrogen-bond acceptors (Lipinski definition) is 7. The van der Waals surface area contributed by atoms with Crippen LogP contribution in [0.2, 0.25) is 0 Å². The molecule has 0 atom stereocenters. The minimum Gasteiger partial charge on any atom is -0.364 e. The lowest BCUT2D eigenvalue weighted by atomic mass is 10.0. The third kappa shape index (κ3) is 3.77. The van der Waals surface area contributed by atoms with Crippen molar-refractivity contribution in [1.29, 1.82) is 0 Å². The maximum absolute atomic E-state index is 10.9. The zero-order chi connectivity index (χ0) is 14.4. The van der Waals surface area contributed by atoms with Crippen LogP contribution in [0.5, 0.6) is 0 Å². The van der Waals surface area contributed by atoms with Gasteiger partial charge in [0.1, 0.15) is 6.20 Å². The van der Waals surface area contributed by atoms with E-state index < -0.39 is 4.92 Å². The highest BCUT2D eigenvalue weighted by Crippen LogP contribution is 2.28. The van der Waals surface area contributed by atoms with E-state index in [1.165, 1.54) is 25.7 Å². The van der Waals surface area contributed by atoms with E-state index in [1.54, 1.807) is 0 Å². The lowest BCUT2D eigenvalue weighted by Crippen LogP contribution is -2.14. The van der Waals surface area contributed by atoms with Crippen LogP contribution in [-0.4, -0.2) is 21.4 Å². The smallest absolute Gasteiger partial charge is 0.329 e. The first-order valence-electron chi connectivity index (χ1n) is 6.92. The number of hydrazine groups is 1. The van der Waals surface area contributed by atoms with Gasteiger partial charge in [-0.1, -0.05) is 25.7 Å². The molecule has 110 valence electrons. The molecule has 1 aliphatic carbocycles. The van der Waals surface area contributed by atoms with Gasteiger partial charge in [0.15, 0.2) is 0 Å². The summed E-state index contributed by atoms with van der Waals surface area (Å²) in [5.74, 6) is 6.40. The lowest BCUT2D eigenvalue weighted by Gasteiger charge is -2.10. The number of rotatable bonds is 7. The average molecular weight is 280 g/mol. The first-order chi connectivity index (χ1) is 9.70. The van der Waals surface area contributed by atoms with E-state index in [-0.39, 0.29) is 17.5 Å². The fourth-order valence-corrected chi connectivity index (χ4v) is 2.61. The Kier molecular flexibility index (Phi) is 5.05. The van der Waals surface area contributed by atoms with Crippen LogP contribution in [-0.2, 0) is 0 Å². The lowest BCUT2D eigenvalue weighted by molar-refractivity contribution is -0.384. The Morgan fingerprint density at radius 1 is 1.45 bits per heavy atom. The standard InChI is InChI=1S/C12H20N6O2/c13-17-12-15-8-10(18(19)20)11(16-12)14-7-3-6-9-4-1-2-5-9/h8-9H,1-7,13H2,(H2,14,15,16,17). The number of nitrogen functional groups attached to an aromatic ring is 1. The molecule has 1 heterocycles. The van der Waals surface area contributed by atoms with Gasteiger partial charge in [0.25, 0.3) is 0 Å². The highest BCUT2D eigenvalue weighted by molar-refractivity contribution is 5.56. The first-order valence-corrected chi connectivity index (χ1v) is 6.92. The van der Waals surface area contributed by atoms with Gasteiger partial charge in [-0.3, -0.25) is 15.5 Å². The summed E-state index contributed by atoms with van der Waals surface area (Å²) in [6.07, 6.45) is 8.60. The maximum atomic E-state index is 10.9. The molecule has 2 rings (SSSR count). The zero-order valence-corrected chi connectivity index (χ0v) is 11.3. The predicted molar refractivity (Wildman–Crippen MR) is 76.2 cm³/mol. The van der Waals surface area contributed by atoms with Crippen LogP contribution >= 0.6 is 0 Å². The fourth-order valence-electron chi connectivity index (χ4n) is 2.61. The van der Waals surface area contributed by atoms with Crippen molar-refractivity contribution in [3.63, 3.8) is 0 Å². The van der Waals surface area contributed by atoms with Crippen LogP contribution in [0.3, 0.4) is 0 Å². The van der Waals surface area contributed by atoms with E-state index >= 15 is 0 Å². The van der Waals surface area contributed by atoms with Crippen molar-refractivity contribution in [3.8, 4) is 0 Å². The van der Waals surface area contributed by atoms with Crippen molar-refractivity contribution < 1.29 is 4.92 Å². The van der Waals surface area contributed by atoms with Crippen molar-refractivity contribution in [2.75, 3.05) is 17.3 Å². The molecule has 0 aliphatic heterocycles. The van der Waals surface area contributed by atoms with Gasteiger partial charge in [-0.2, -0.15) is 4.98 Å². The number of nitrogens with one attached hydrogen (secondary N) is 2. The molecule has 0 unspecified atom stereocenters. The molecule has 1 fully saturated rings. The second-order valence-corrected chi connectivity index (χ2v) is 5.05. The summed E-state index contributed by atoms with van der Waals surface area (Å²) in [5.41, 5.74) is 2.15. The van der Waals surface area contributed by atoms with Crippen molar-refractivity contribution in [2.24, 2.45) is 11.8 Å². The van der Waals surface area contributed by atoms with E-state index in [0.717, 1.165) is 25.0 Å². The average Bonchev–Trinajstić information content (AvgIpc) is 2.96. The van der Waals surface area contributed by atoms with Gasteiger partial charge < -0.3 is 5.32 Å². The van der Waals surface area contributed by atoms with Gasteiger partial charge in [0.2, 0.25) is 11.8 Å². The second-order valence-electron chi connectivity index (χ2n) is 5.05. The SMILES string of the molecule is NNc1ncc([N+](=O)[O-])c(NCCCC2CCCC2)n1. The van der Waals surface area contributed by atoms with Crippen LogP contribution in [0.1, 0.15) is 38.5 Å². The fraction of sp³-hybridized carbons (Fsp3) is 0.667. The topological polar surface area (TPSA) is 119 Å². The van der Waals surface area contributed by atoms with Gasteiger partial charge in [0, 0.05) is 6.54 Å². The molecule has 0 bridgehead atoms. The molecule has 1 saturated carbocycles. The second kappa shape index (κ2) is 6.99. The summed E-state index contributed by atoms with van der Waals surface area (Å²) in [6.45, 7) is 0.665. The Morgan fingerprint density at radius 2 is 2.20 bits per heavy atom. The summed E-state index contributed by atoms with van der Waals surface area (Å²) in [7, 11) is 0. The molecule has 0 spiro atoms. The Bertz CT molecular complexity index is 461. The maximum Gasteiger partial charge on any atom is 0.329 e. The molecule has 1 aliphatic rings. The molecule has 1 aromatic rings. The number of aromatic nitrogens is 2. The zero-order valence-electron chi connectivity index (χ0n) is 11.3. The minimum atomic E-state index is -0.500. The van der Waals surface area contributed by atoms with Crippen LogP contribution in [0.4, 0.5) is 17.5 Å². The number of nitrogens with zero attached hydrogens (tertiary/aromatic N) is 3. The first kappa shape index (κ1) is 14.4. The Balaban J connectivity index is 1.88. The molecule has 0 aromatic carbocycles. The Morgan fingerprint density at radius 3 is 2.85 bits per heavy atom. The van der Waals surface area contributed by atoms with Gasteiger partial charge in [-0.05, 0) is 18.8 Å². The van der Waals surface area contributed by atoms with Gasteiger partial charge >= 0.3 is 5.69 Å². The largest absolute Gasteiger partial charge is 0.364 e. The third-order valence-electron chi connectivity index (χ3n) is 3.65. The van der Waals surface area contributed by atoms with Crippen molar-refractivity contribution in [3.05, 3.63) is 16.3 Å². The highest BCUT2D eigenvalue weighted by atomic mass is 16.6. The molecule has 0 radical (unpaired) electrons. The minimum absolute atomic E-state index is 0.134. The molecular weight excluding hydrogens is 260 g/mol. The monoisotopic (exact) mass is 280 g/mol. The summed E-state index contributed by atoms with van der Waals surface area (Å²) < 4.78 is 0. The summed E-state index contributed by atoms with van der Waals surface area (Å²) >= 11 is 0. The van der Waals surface area contributed by atoms with Gasteiger partial charge in [0.05, 0.1) is 4.92 Å². The number of nitro groups is 1. The van der Waals surface area contributed by atoms with Crippen LogP contribution in [0.25, 0.3) is 0 Å². The Labute approximate surface area is 117 Å². The highest BCUT2D eigenvalue weighted by Gasteiger charge is 2.17. The van der Waals surface area contributed by atoms with Crippen molar-refractivity contribution >= 4 is 17.5 Å². The molecule has 0 amide bonds. The normalized spacial score (nSPS) is 15.2. The van der Waals surface area contributed by atoms with Gasteiger partial charge in [-0.25, -0.2) is 10.8 Å². The Hall–Kier alpha value is -1.96. The van der Waals surface area contributed by atoms with E-state index in [0.29, 0.717) is 6.54 Å². The van der Waals surface area contributed by atoms with Crippen molar-refractivity contribution in [1.82, 2.24) is 9.97 Å². The van der Waals surface area contributed by atoms with E-state index in [2.05, 4.69) is 20.7 Å². The van der Waals surface area contributed by atoms with Crippen molar-refractivity contribution in [2.45, 2.75) is 38.5 Å². The molecule has 8 heteroatoms. The van der Waals surface area contributed by atoms with Crippen LogP contribution < -0.4 is 16.6 Å². The van der Waals surface area contributed by atoms with Gasteiger partial charge in [-0.15, -0.1) is 0 Å². The molecular formula is C12H20N6O2. The van der Waals surface area contributed by atoms with E-state index in [1.807, 2.05) is 0 Å². The third-order valence-corrected chi connectivity index (χ3v) is 3.65.